The van der Waals surface area contributed by atoms with Gasteiger partial charge in [0, 0.05) is 18.6 Å². The number of rotatable bonds is 3. The third kappa shape index (κ3) is 3.23. The lowest BCUT2D eigenvalue weighted by Crippen LogP contribution is -2.33. The highest BCUT2D eigenvalue weighted by molar-refractivity contribution is 4.86. The van der Waals surface area contributed by atoms with Gasteiger partial charge in [0.15, 0.2) is 5.79 Å². The molecule has 1 saturated carbocycles. The highest BCUT2D eigenvalue weighted by atomic mass is 16.6. The van der Waals surface area contributed by atoms with E-state index in [4.69, 9.17) is 15.6 Å². The zero-order chi connectivity index (χ0) is 10.1. The molecule has 0 heterocycles. The maximum absolute atomic E-state index is 9.43. The largest absolute Gasteiger partial charge is 0.396 e. The zero-order valence-corrected chi connectivity index (χ0v) is 8.23. The van der Waals surface area contributed by atoms with E-state index < -0.39 is 5.79 Å². The zero-order valence-electron chi connectivity index (χ0n) is 8.23. The smallest absolute Gasteiger partial charge is 0.160 e. The predicted octanol–water partition coefficient (Wildman–Crippen LogP) is -0.170. The van der Waals surface area contributed by atoms with Crippen molar-refractivity contribution in [3.05, 3.63) is 0 Å². The van der Waals surface area contributed by atoms with E-state index in [2.05, 4.69) is 0 Å². The molecule has 0 aromatic rings. The van der Waals surface area contributed by atoms with Crippen LogP contribution in [0, 0.1) is 5.92 Å². The Labute approximate surface area is 78.7 Å². The van der Waals surface area contributed by atoms with Crippen LogP contribution in [0.15, 0.2) is 0 Å². The van der Waals surface area contributed by atoms with Crippen molar-refractivity contribution in [3.63, 3.8) is 0 Å². The molecule has 4 N–H and O–H groups in total. The van der Waals surface area contributed by atoms with E-state index in [-0.39, 0.29) is 24.7 Å². The van der Waals surface area contributed by atoms with Crippen molar-refractivity contribution < 1.29 is 14.9 Å². The summed E-state index contributed by atoms with van der Waals surface area (Å²) >= 11 is 0. The molecule has 0 saturated heterocycles. The highest BCUT2D eigenvalue weighted by Gasteiger charge is 2.35. The van der Waals surface area contributed by atoms with Crippen molar-refractivity contribution in [2.45, 2.75) is 44.6 Å². The number of ether oxygens (including phenoxy) is 1. The fourth-order valence-corrected chi connectivity index (χ4v) is 1.83. The lowest BCUT2D eigenvalue weighted by Gasteiger charge is -2.26. The number of aliphatic hydroxyl groups excluding tert-OH is 1. The topological polar surface area (TPSA) is 75.7 Å². The minimum atomic E-state index is -1.14. The Morgan fingerprint density at radius 3 is 2.54 bits per heavy atom. The minimum absolute atomic E-state index is 0.0708. The standard InChI is InChI=1S/C9H19NO3/c1-9(2,12)13-8-4-7(10)3-6(8)5-11/h6-8,11-12H,3-5,10H2,1-2H3. The third-order valence-corrected chi connectivity index (χ3v) is 2.34. The van der Waals surface area contributed by atoms with Crippen LogP contribution >= 0.6 is 0 Å². The molecule has 3 unspecified atom stereocenters. The van der Waals surface area contributed by atoms with Crippen LogP contribution in [-0.4, -0.2) is 34.8 Å². The van der Waals surface area contributed by atoms with Gasteiger partial charge in [0.1, 0.15) is 0 Å². The van der Waals surface area contributed by atoms with Gasteiger partial charge in [-0.25, -0.2) is 0 Å². The number of hydrogen-bond donors (Lipinski definition) is 3. The molecule has 0 aromatic carbocycles. The summed E-state index contributed by atoms with van der Waals surface area (Å²) < 4.78 is 5.39. The molecular formula is C9H19NO3. The summed E-state index contributed by atoms with van der Waals surface area (Å²) in [5.74, 6) is -1.07. The summed E-state index contributed by atoms with van der Waals surface area (Å²) in [4.78, 5) is 0. The molecule has 13 heavy (non-hydrogen) atoms. The van der Waals surface area contributed by atoms with Gasteiger partial charge in [-0.1, -0.05) is 0 Å². The molecule has 0 bridgehead atoms. The van der Waals surface area contributed by atoms with E-state index in [1.54, 1.807) is 13.8 Å². The Hall–Kier alpha value is -0.160. The molecule has 4 nitrogen and oxygen atoms in total. The third-order valence-electron chi connectivity index (χ3n) is 2.34. The molecule has 1 aliphatic rings. The van der Waals surface area contributed by atoms with Crippen LogP contribution in [0.25, 0.3) is 0 Å². The minimum Gasteiger partial charge on any atom is -0.396 e. The van der Waals surface area contributed by atoms with E-state index >= 15 is 0 Å². The van der Waals surface area contributed by atoms with E-state index in [9.17, 15) is 5.11 Å². The fourth-order valence-electron chi connectivity index (χ4n) is 1.83. The van der Waals surface area contributed by atoms with Gasteiger partial charge >= 0.3 is 0 Å². The number of aliphatic hydroxyl groups is 2. The van der Waals surface area contributed by atoms with Crippen LogP contribution in [0.4, 0.5) is 0 Å². The van der Waals surface area contributed by atoms with Crippen molar-refractivity contribution in [1.29, 1.82) is 0 Å². The second-order valence-corrected chi connectivity index (χ2v) is 4.28. The van der Waals surface area contributed by atoms with E-state index in [1.807, 2.05) is 0 Å². The average Bonchev–Trinajstić information content (AvgIpc) is 2.27. The maximum Gasteiger partial charge on any atom is 0.160 e. The van der Waals surface area contributed by atoms with Gasteiger partial charge in [0.25, 0.3) is 0 Å². The van der Waals surface area contributed by atoms with Crippen LogP contribution < -0.4 is 5.73 Å². The van der Waals surface area contributed by atoms with Gasteiger partial charge in [-0.05, 0) is 26.7 Å². The predicted molar refractivity (Wildman–Crippen MR) is 49.0 cm³/mol. The van der Waals surface area contributed by atoms with Crippen molar-refractivity contribution in [1.82, 2.24) is 0 Å². The maximum atomic E-state index is 9.43. The van der Waals surface area contributed by atoms with E-state index in [0.29, 0.717) is 0 Å². The first-order valence-corrected chi connectivity index (χ1v) is 4.69. The van der Waals surface area contributed by atoms with Crippen molar-refractivity contribution in [2.75, 3.05) is 6.61 Å². The highest BCUT2D eigenvalue weighted by Crippen LogP contribution is 2.29. The first-order chi connectivity index (χ1) is 5.92. The first kappa shape index (κ1) is 10.9. The summed E-state index contributed by atoms with van der Waals surface area (Å²) in [6.45, 7) is 3.25. The second kappa shape index (κ2) is 3.92. The molecule has 4 heteroatoms. The lowest BCUT2D eigenvalue weighted by atomic mass is 10.1. The summed E-state index contributed by atoms with van der Waals surface area (Å²) in [7, 11) is 0. The Kier molecular flexibility index (Phi) is 3.29. The van der Waals surface area contributed by atoms with Gasteiger partial charge in [0.05, 0.1) is 6.10 Å². The van der Waals surface area contributed by atoms with Crippen LogP contribution in [0.5, 0.6) is 0 Å². The number of nitrogens with two attached hydrogens (primary N) is 1. The molecule has 0 aliphatic heterocycles. The van der Waals surface area contributed by atoms with Crippen molar-refractivity contribution >= 4 is 0 Å². The van der Waals surface area contributed by atoms with E-state index in [0.717, 1.165) is 12.8 Å². The Morgan fingerprint density at radius 2 is 2.08 bits per heavy atom. The van der Waals surface area contributed by atoms with Crippen LogP contribution in [0.1, 0.15) is 26.7 Å². The average molecular weight is 189 g/mol. The molecule has 3 atom stereocenters. The Bertz CT molecular complexity index is 167. The molecule has 0 radical (unpaired) electrons. The van der Waals surface area contributed by atoms with Crippen molar-refractivity contribution in [2.24, 2.45) is 11.7 Å². The summed E-state index contributed by atoms with van der Waals surface area (Å²) in [6, 6.07) is 0.0875. The Morgan fingerprint density at radius 1 is 1.46 bits per heavy atom. The molecule has 1 fully saturated rings. The van der Waals surface area contributed by atoms with Gasteiger partial charge in [0.2, 0.25) is 0 Å². The quantitative estimate of drug-likeness (QED) is 0.539. The molecule has 1 rings (SSSR count). The Balaban J connectivity index is 2.49. The van der Waals surface area contributed by atoms with Gasteiger partial charge < -0.3 is 20.7 Å². The van der Waals surface area contributed by atoms with Gasteiger partial charge in [-0.2, -0.15) is 0 Å². The van der Waals surface area contributed by atoms with Crippen LogP contribution in [0.3, 0.4) is 0 Å². The second-order valence-electron chi connectivity index (χ2n) is 4.28. The van der Waals surface area contributed by atoms with Crippen LogP contribution in [-0.2, 0) is 4.74 Å². The molecular weight excluding hydrogens is 170 g/mol. The van der Waals surface area contributed by atoms with Gasteiger partial charge in [-0.15, -0.1) is 0 Å². The van der Waals surface area contributed by atoms with Gasteiger partial charge in [-0.3, -0.25) is 0 Å². The monoisotopic (exact) mass is 189 g/mol. The number of hydrogen-bond acceptors (Lipinski definition) is 4. The van der Waals surface area contributed by atoms with E-state index in [1.165, 1.54) is 0 Å². The van der Waals surface area contributed by atoms with Crippen molar-refractivity contribution in [3.8, 4) is 0 Å². The summed E-state index contributed by atoms with van der Waals surface area (Å²) in [5, 5.41) is 18.5. The fraction of sp³-hybridized carbons (Fsp3) is 1.00. The molecule has 0 amide bonds. The van der Waals surface area contributed by atoms with Crippen LogP contribution in [0.2, 0.25) is 0 Å². The molecule has 0 spiro atoms. The molecule has 0 aromatic heterocycles. The normalized spacial score (nSPS) is 35.3. The summed E-state index contributed by atoms with van der Waals surface area (Å²) in [5.41, 5.74) is 5.74. The summed E-state index contributed by atoms with van der Waals surface area (Å²) in [6.07, 6.45) is 1.38. The first-order valence-electron chi connectivity index (χ1n) is 4.69. The molecule has 1 aliphatic carbocycles. The SMILES string of the molecule is CC(C)(O)OC1CC(N)CC1CO. The molecule has 78 valence electrons. The lowest BCUT2D eigenvalue weighted by molar-refractivity contribution is -0.214.